The highest BCUT2D eigenvalue weighted by Crippen LogP contribution is 2.33. The summed E-state index contributed by atoms with van der Waals surface area (Å²) >= 11 is 0. The van der Waals surface area contributed by atoms with Crippen molar-refractivity contribution >= 4 is 11.8 Å². The number of terminal acetylenes is 1. The molecular formula is C14H20N2O2. The molecule has 0 aromatic carbocycles. The van der Waals surface area contributed by atoms with E-state index in [0.29, 0.717) is 19.4 Å². The van der Waals surface area contributed by atoms with Crippen LogP contribution in [-0.4, -0.2) is 34.8 Å². The summed E-state index contributed by atoms with van der Waals surface area (Å²) in [6, 6.07) is 0.00711. The largest absolute Gasteiger partial charge is 0.342 e. The van der Waals surface area contributed by atoms with Crippen LogP contribution in [0.5, 0.6) is 0 Å². The number of carbonyl (C=O) groups excluding carboxylic acids is 2. The van der Waals surface area contributed by atoms with Crippen LogP contribution in [-0.2, 0) is 9.59 Å². The van der Waals surface area contributed by atoms with Crippen molar-refractivity contribution in [1.82, 2.24) is 10.2 Å². The van der Waals surface area contributed by atoms with Gasteiger partial charge in [0.15, 0.2) is 0 Å². The summed E-state index contributed by atoms with van der Waals surface area (Å²) in [6.07, 6.45) is 9.77. The molecule has 0 radical (unpaired) electrons. The molecule has 1 saturated carbocycles. The maximum absolute atomic E-state index is 12.7. The Morgan fingerprint density at radius 1 is 1.44 bits per heavy atom. The Labute approximate surface area is 108 Å². The smallest absolute Gasteiger partial charge is 0.248 e. The summed E-state index contributed by atoms with van der Waals surface area (Å²) in [5.74, 6) is 2.65. The van der Waals surface area contributed by atoms with Crippen molar-refractivity contribution in [1.29, 1.82) is 0 Å². The Bertz CT molecular complexity index is 391. The predicted octanol–water partition coefficient (Wildman–Crippen LogP) is 1.06. The number of carbonyl (C=O) groups is 2. The summed E-state index contributed by atoms with van der Waals surface area (Å²) in [4.78, 5) is 26.3. The van der Waals surface area contributed by atoms with Gasteiger partial charge in [-0.3, -0.25) is 9.59 Å². The molecule has 1 heterocycles. The molecule has 0 aromatic heterocycles. The van der Waals surface area contributed by atoms with Gasteiger partial charge in [0, 0.05) is 25.4 Å². The molecule has 0 aromatic rings. The SMILES string of the molecule is C#CCC(C)N1CCC(=O)NC2(CCCC2)C1=O. The van der Waals surface area contributed by atoms with Gasteiger partial charge in [-0.25, -0.2) is 0 Å². The van der Waals surface area contributed by atoms with E-state index in [1.165, 1.54) is 0 Å². The third-order valence-corrected chi connectivity index (χ3v) is 4.03. The lowest BCUT2D eigenvalue weighted by Gasteiger charge is -2.34. The molecule has 4 nitrogen and oxygen atoms in total. The molecule has 2 aliphatic rings. The van der Waals surface area contributed by atoms with Gasteiger partial charge in [-0.1, -0.05) is 12.8 Å². The topological polar surface area (TPSA) is 49.4 Å². The van der Waals surface area contributed by atoms with E-state index in [1.54, 1.807) is 4.90 Å². The molecule has 1 saturated heterocycles. The zero-order chi connectivity index (χ0) is 13.2. The van der Waals surface area contributed by atoms with Gasteiger partial charge >= 0.3 is 0 Å². The van der Waals surface area contributed by atoms with E-state index in [1.807, 2.05) is 6.92 Å². The lowest BCUT2D eigenvalue weighted by molar-refractivity contribution is -0.140. The van der Waals surface area contributed by atoms with Crippen molar-refractivity contribution in [2.75, 3.05) is 6.54 Å². The van der Waals surface area contributed by atoms with Crippen molar-refractivity contribution in [3.05, 3.63) is 0 Å². The summed E-state index contributed by atoms with van der Waals surface area (Å²) < 4.78 is 0. The normalized spacial score (nSPS) is 24.6. The van der Waals surface area contributed by atoms with Gasteiger partial charge in [0.1, 0.15) is 5.54 Å². The molecule has 4 heteroatoms. The Kier molecular flexibility index (Phi) is 3.60. The van der Waals surface area contributed by atoms with Crippen LogP contribution in [0.3, 0.4) is 0 Å². The highest BCUT2D eigenvalue weighted by Gasteiger charge is 2.47. The molecule has 18 heavy (non-hydrogen) atoms. The Morgan fingerprint density at radius 2 is 2.11 bits per heavy atom. The van der Waals surface area contributed by atoms with E-state index in [-0.39, 0.29) is 17.9 Å². The average Bonchev–Trinajstić information content (AvgIpc) is 2.74. The van der Waals surface area contributed by atoms with Crippen LogP contribution in [0.25, 0.3) is 0 Å². The minimum Gasteiger partial charge on any atom is -0.342 e. The van der Waals surface area contributed by atoms with Crippen LogP contribution >= 0.6 is 0 Å². The number of nitrogens with zero attached hydrogens (tertiary/aromatic N) is 1. The van der Waals surface area contributed by atoms with Crippen LogP contribution in [0, 0.1) is 12.3 Å². The molecule has 1 aliphatic heterocycles. The fourth-order valence-corrected chi connectivity index (χ4v) is 3.00. The first-order chi connectivity index (χ1) is 8.59. The van der Waals surface area contributed by atoms with Gasteiger partial charge in [-0.05, 0) is 19.8 Å². The van der Waals surface area contributed by atoms with Gasteiger partial charge in [0.25, 0.3) is 0 Å². The third kappa shape index (κ3) is 2.22. The number of hydrogen-bond acceptors (Lipinski definition) is 2. The summed E-state index contributed by atoms with van der Waals surface area (Å²) in [7, 11) is 0. The van der Waals surface area contributed by atoms with E-state index >= 15 is 0 Å². The van der Waals surface area contributed by atoms with Crippen LogP contribution in [0.4, 0.5) is 0 Å². The first kappa shape index (κ1) is 12.9. The molecule has 2 rings (SSSR count). The minimum absolute atomic E-state index is 0.00711. The molecule has 1 spiro atoms. The van der Waals surface area contributed by atoms with E-state index in [4.69, 9.17) is 6.42 Å². The van der Waals surface area contributed by atoms with Crippen LogP contribution in [0.1, 0.15) is 45.4 Å². The van der Waals surface area contributed by atoms with Crippen LogP contribution in [0.15, 0.2) is 0 Å². The zero-order valence-electron chi connectivity index (χ0n) is 10.9. The summed E-state index contributed by atoms with van der Waals surface area (Å²) in [6.45, 7) is 2.44. The summed E-state index contributed by atoms with van der Waals surface area (Å²) in [5, 5.41) is 2.95. The standard InChI is InChI=1S/C14H20N2O2/c1-3-6-11(2)16-10-7-12(17)15-14(13(16)18)8-4-5-9-14/h1,11H,4-10H2,2H3,(H,15,17). The third-order valence-electron chi connectivity index (χ3n) is 4.03. The summed E-state index contributed by atoms with van der Waals surface area (Å²) in [5.41, 5.74) is -0.642. The second-order valence-electron chi connectivity index (χ2n) is 5.34. The molecule has 1 atom stereocenters. The quantitative estimate of drug-likeness (QED) is 0.743. The number of amides is 2. The van der Waals surface area contributed by atoms with Gasteiger partial charge in [-0.15, -0.1) is 12.3 Å². The monoisotopic (exact) mass is 248 g/mol. The van der Waals surface area contributed by atoms with Gasteiger partial charge in [0.2, 0.25) is 11.8 Å². The van der Waals surface area contributed by atoms with Crippen LogP contribution < -0.4 is 5.32 Å². The second kappa shape index (κ2) is 5.01. The molecule has 1 N–H and O–H groups in total. The molecule has 98 valence electrons. The van der Waals surface area contributed by atoms with E-state index in [9.17, 15) is 9.59 Å². The van der Waals surface area contributed by atoms with Crippen molar-refractivity contribution in [2.45, 2.75) is 57.0 Å². The highest BCUT2D eigenvalue weighted by atomic mass is 16.2. The number of hydrogen-bond donors (Lipinski definition) is 1. The molecule has 1 unspecified atom stereocenters. The van der Waals surface area contributed by atoms with Crippen molar-refractivity contribution in [3.8, 4) is 12.3 Å². The lowest BCUT2D eigenvalue weighted by atomic mass is 9.95. The number of rotatable bonds is 2. The van der Waals surface area contributed by atoms with Gasteiger partial charge < -0.3 is 10.2 Å². The molecular weight excluding hydrogens is 228 g/mol. The number of nitrogens with one attached hydrogen (secondary N) is 1. The van der Waals surface area contributed by atoms with Crippen LogP contribution in [0.2, 0.25) is 0 Å². The second-order valence-corrected chi connectivity index (χ2v) is 5.34. The van der Waals surface area contributed by atoms with Gasteiger partial charge in [0.05, 0.1) is 0 Å². The zero-order valence-corrected chi connectivity index (χ0v) is 10.9. The first-order valence-corrected chi connectivity index (χ1v) is 6.64. The van der Waals surface area contributed by atoms with Crippen molar-refractivity contribution < 1.29 is 9.59 Å². The predicted molar refractivity (Wildman–Crippen MR) is 68.6 cm³/mol. The van der Waals surface area contributed by atoms with E-state index in [0.717, 1.165) is 25.7 Å². The Morgan fingerprint density at radius 3 is 2.72 bits per heavy atom. The lowest BCUT2D eigenvalue weighted by Crippen LogP contribution is -2.56. The maximum Gasteiger partial charge on any atom is 0.248 e. The van der Waals surface area contributed by atoms with E-state index in [2.05, 4.69) is 11.2 Å². The molecule has 2 amide bonds. The Balaban J connectivity index is 2.24. The fraction of sp³-hybridized carbons (Fsp3) is 0.714. The first-order valence-electron chi connectivity index (χ1n) is 6.64. The fourth-order valence-electron chi connectivity index (χ4n) is 3.00. The molecule has 0 bridgehead atoms. The molecule has 2 fully saturated rings. The van der Waals surface area contributed by atoms with E-state index < -0.39 is 5.54 Å². The van der Waals surface area contributed by atoms with Crippen molar-refractivity contribution in [2.24, 2.45) is 0 Å². The maximum atomic E-state index is 12.7. The Hall–Kier alpha value is -1.50. The molecule has 1 aliphatic carbocycles. The average molecular weight is 248 g/mol. The van der Waals surface area contributed by atoms with Gasteiger partial charge in [-0.2, -0.15) is 0 Å². The van der Waals surface area contributed by atoms with Crippen molar-refractivity contribution in [3.63, 3.8) is 0 Å². The highest BCUT2D eigenvalue weighted by molar-refractivity contribution is 5.94. The minimum atomic E-state index is -0.642.